The molecule has 0 fully saturated rings. The van der Waals surface area contributed by atoms with E-state index in [1.807, 2.05) is 25.1 Å². The summed E-state index contributed by atoms with van der Waals surface area (Å²) in [6, 6.07) is 5.93. The molecule has 0 unspecified atom stereocenters. The highest BCUT2D eigenvalue weighted by atomic mass is 35.5. The van der Waals surface area contributed by atoms with Crippen molar-refractivity contribution in [2.45, 2.75) is 6.92 Å². The quantitative estimate of drug-likeness (QED) is 0.903. The van der Waals surface area contributed by atoms with Gasteiger partial charge in [-0.3, -0.25) is 0 Å². The fourth-order valence-electron chi connectivity index (χ4n) is 1.35. The molecule has 2 aromatic rings. The van der Waals surface area contributed by atoms with Crippen LogP contribution >= 0.6 is 22.9 Å². The van der Waals surface area contributed by atoms with Gasteiger partial charge in [-0.15, -0.1) is 11.3 Å². The summed E-state index contributed by atoms with van der Waals surface area (Å²) >= 11 is 7.22. The van der Waals surface area contributed by atoms with E-state index in [-0.39, 0.29) is 0 Å². The molecule has 1 aromatic carbocycles. The summed E-state index contributed by atoms with van der Waals surface area (Å²) in [5, 5.41) is 6.22. The number of hydrogen-bond acceptors (Lipinski definition) is 4. The maximum atomic E-state index is 5.76. The second kappa shape index (κ2) is 4.72. The first-order valence-corrected chi connectivity index (χ1v) is 5.97. The molecule has 0 saturated carbocycles. The second-order valence-corrected chi connectivity index (χ2v) is 4.55. The van der Waals surface area contributed by atoms with Crippen LogP contribution in [0.5, 0.6) is 5.75 Å². The second-order valence-electron chi connectivity index (χ2n) is 3.30. The highest BCUT2D eigenvalue weighted by Gasteiger charge is 2.05. The molecule has 0 amide bonds. The largest absolute Gasteiger partial charge is 0.495 e. The maximum Gasteiger partial charge on any atom is 0.188 e. The summed E-state index contributed by atoms with van der Waals surface area (Å²) in [6.07, 6.45) is 0. The van der Waals surface area contributed by atoms with Crippen LogP contribution in [0.4, 0.5) is 10.8 Å². The van der Waals surface area contributed by atoms with Crippen molar-refractivity contribution in [2.24, 2.45) is 0 Å². The van der Waals surface area contributed by atoms with E-state index in [4.69, 9.17) is 16.3 Å². The standard InChI is InChI=1S/C11H11ClN2OS/c1-7-3-4-9(15-2)8(5-7)13-11-14-10(12)6-16-11/h3-6H,1-2H3,(H,13,14). The molecular weight excluding hydrogens is 244 g/mol. The van der Waals surface area contributed by atoms with Crippen LogP contribution < -0.4 is 10.1 Å². The van der Waals surface area contributed by atoms with E-state index in [0.717, 1.165) is 22.1 Å². The van der Waals surface area contributed by atoms with Crippen molar-refractivity contribution in [1.82, 2.24) is 4.98 Å². The van der Waals surface area contributed by atoms with Gasteiger partial charge in [-0.1, -0.05) is 17.7 Å². The number of aromatic nitrogens is 1. The first kappa shape index (κ1) is 11.2. The van der Waals surface area contributed by atoms with E-state index in [1.54, 1.807) is 12.5 Å². The average Bonchev–Trinajstić information content (AvgIpc) is 2.64. The summed E-state index contributed by atoms with van der Waals surface area (Å²) in [6.45, 7) is 2.03. The predicted molar refractivity (Wildman–Crippen MR) is 68.1 cm³/mol. The third-order valence-corrected chi connectivity index (χ3v) is 3.15. The first-order chi connectivity index (χ1) is 7.69. The lowest BCUT2D eigenvalue weighted by Crippen LogP contribution is -1.94. The topological polar surface area (TPSA) is 34.1 Å². The molecule has 1 N–H and O–H groups in total. The smallest absolute Gasteiger partial charge is 0.188 e. The molecule has 0 aliphatic rings. The molecule has 0 aliphatic heterocycles. The van der Waals surface area contributed by atoms with E-state index in [2.05, 4.69) is 10.3 Å². The van der Waals surface area contributed by atoms with Crippen LogP contribution in [0.2, 0.25) is 5.15 Å². The van der Waals surface area contributed by atoms with Crippen molar-refractivity contribution in [3.63, 3.8) is 0 Å². The van der Waals surface area contributed by atoms with E-state index in [9.17, 15) is 0 Å². The van der Waals surface area contributed by atoms with Gasteiger partial charge in [-0.2, -0.15) is 0 Å². The SMILES string of the molecule is COc1ccc(C)cc1Nc1nc(Cl)cs1. The molecule has 1 heterocycles. The Bertz CT molecular complexity index is 498. The van der Waals surface area contributed by atoms with Crippen molar-refractivity contribution in [3.05, 3.63) is 34.3 Å². The molecule has 5 heteroatoms. The van der Waals surface area contributed by atoms with Gasteiger partial charge < -0.3 is 10.1 Å². The van der Waals surface area contributed by atoms with E-state index >= 15 is 0 Å². The number of nitrogens with zero attached hydrogens (tertiary/aromatic N) is 1. The minimum atomic E-state index is 0.499. The van der Waals surface area contributed by atoms with Gasteiger partial charge in [-0.25, -0.2) is 4.98 Å². The van der Waals surface area contributed by atoms with Crippen LogP contribution in [-0.4, -0.2) is 12.1 Å². The lowest BCUT2D eigenvalue weighted by molar-refractivity contribution is 0.416. The zero-order valence-corrected chi connectivity index (χ0v) is 10.5. The number of methoxy groups -OCH3 is 1. The number of thiazole rings is 1. The Kier molecular flexibility index (Phi) is 3.31. The Labute approximate surface area is 103 Å². The van der Waals surface area contributed by atoms with E-state index < -0.39 is 0 Å². The maximum absolute atomic E-state index is 5.76. The molecule has 84 valence electrons. The molecule has 0 saturated heterocycles. The molecule has 16 heavy (non-hydrogen) atoms. The molecule has 0 radical (unpaired) electrons. The van der Waals surface area contributed by atoms with E-state index in [1.165, 1.54) is 11.3 Å². The lowest BCUT2D eigenvalue weighted by Gasteiger charge is -2.09. The molecule has 2 rings (SSSR count). The van der Waals surface area contributed by atoms with Gasteiger partial charge in [0.1, 0.15) is 10.9 Å². The van der Waals surface area contributed by atoms with Gasteiger partial charge in [0.05, 0.1) is 12.8 Å². The summed E-state index contributed by atoms with van der Waals surface area (Å²) in [5.74, 6) is 0.789. The normalized spacial score (nSPS) is 10.2. The third-order valence-electron chi connectivity index (χ3n) is 2.07. The van der Waals surface area contributed by atoms with Gasteiger partial charge in [0.25, 0.3) is 0 Å². The number of aryl methyl sites for hydroxylation is 1. The Morgan fingerprint density at radius 3 is 2.88 bits per heavy atom. The van der Waals surface area contributed by atoms with Crippen LogP contribution in [-0.2, 0) is 0 Å². The molecule has 0 aliphatic carbocycles. The number of nitrogens with one attached hydrogen (secondary N) is 1. The summed E-state index contributed by atoms with van der Waals surface area (Å²) in [7, 11) is 1.64. The summed E-state index contributed by atoms with van der Waals surface area (Å²) in [4.78, 5) is 4.13. The molecular formula is C11H11ClN2OS. The van der Waals surface area contributed by atoms with Crippen molar-refractivity contribution in [3.8, 4) is 5.75 Å². The number of benzene rings is 1. The van der Waals surface area contributed by atoms with Crippen molar-refractivity contribution in [1.29, 1.82) is 0 Å². The van der Waals surface area contributed by atoms with Crippen molar-refractivity contribution >= 4 is 33.8 Å². The highest BCUT2D eigenvalue weighted by Crippen LogP contribution is 2.30. The minimum Gasteiger partial charge on any atom is -0.495 e. The summed E-state index contributed by atoms with van der Waals surface area (Å²) in [5.41, 5.74) is 2.06. The fraction of sp³-hybridized carbons (Fsp3) is 0.182. The Morgan fingerprint density at radius 1 is 1.44 bits per heavy atom. The first-order valence-electron chi connectivity index (χ1n) is 4.72. The Balaban J connectivity index is 2.29. The zero-order chi connectivity index (χ0) is 11.5. The average molecular weight is 255 g/mol. The lowest BCUT2D eigenvalue weighted by atomic mass is 10.2. The molecule has 0 spiro atoms. The van der Waals surface area contributed by atoms with Gasteiger partial charge in [0.15, 0.2) is 5.13 Å². The fourth-order valence-corrected chi connectivity index (χ4v) is 2.20. The van der Waals surface area contributed by atoms with Crippen molar-refractivity contribution in [2.75, 3.05) is 12.4 Å². The summed E-state index contributed by atoms with van der Waals surface area (Å²) < 4.78 is 5.26. The number of rotatable bonds is 3. The number of ether oxygens (including phenoxy) is 1. The molecule has 3 nitrogen and oxygen atoms in total. The predicted octanol–water partition coefficient (Wildman–Crippen LogP) is 3.86. The number of hydrogen-bond donors (Lipinski definition) is 1. The molecule has 1 aromatic heterocycles. The van der Waals surface area contributed by atoms with Gasteiger partial charge >= 0.3 is 0 Å². The van der Waals surface area contributed by atoms with Gasteiger partial charge in [0, 0.05) is 5.38 Å². The van der Waals surface area contributed by atoms with Gasteiger partial charge in [-0.05, 0) is 24.6 Å². The van der Waals surface area contributed by atoms with Gasteiger partial charge in [0.2, 0.25) is 0 Å². The highest BCUT2D eigenvalue weighted by molar-refractivity contribution is 7.14. The Hall–Kier alpha value is -1.26. The van der Waals surface area contributed by atoms with E-state index in [0.29, 0.717) is 5.15 Å². The van der Waals surface area contributed by atoms with Crippen LogP contribution in [0.25, 0.3) is 0 Å². The number of halogens is 1. The Morgan fingerprint density at radius 2 is 2.25 bits per heavy atom. The minimum absolute atomic E-state index is 0.499. The van der Waals surface area contributed by atoms with Crippen LogP contribution in [0.3, 0.4) is 0 Å². The monoisotopic (exact) mass is 254 g/mol. The van der Waals surface area contributed by atoms with Crippen LogP contribution in [0, 0.1) is 6.92 Å². The van der Waals surface area contributed by atoms with Crippen LogP contribution in [0.1, 0.15) is 5.56 Å². The molecule has 0 atom stereocenters. The molecule has 0 bridgehead atoms. The zero-order valence-electron chi connectivity index (χ0n) is 8.95. The third kappa shape index (κ3) is 2.46. The van der Waals surface area contributed by atoms with Crippen LogP contribution in [0.15, 0.2) is 23.6 Å². The number of anilines is 2. The van der Waals surface area contributed by atoms with Crippen molar-refractivity contribution < 1.29 is 4.74 Å².